The van der Waals surface area contributed by atoms with E-state index in [9.17, 15) is 4.79 Å². The van der Waals surface area contributed by atoms with Crippen LogP contribution >= 0.6 is 11.3 Å². The summed E-state index contributed by atoms with van der Waals surface area (Å²) in [5.74, 6) is 0. The second-order valence-corrected chi connectivity index (χ2v) is 5.10. The number of nitrogens with one attached hydrogen (secondary N) is 1. The van der Waals surface area contributed by atoms with E-state index in [0.717, 1.165) is 43.1 Å². The van der Waals surface area contributed by atoms with Crippen LogP contribution in [0.4, 0.5) is 4.79 Å². The summed E-state index contributed by atoms with van der Waals surface area (Å²) in [5.41, 5.74) is 1.07. The quantitative estimate of drug-likeness (QED) is 0.874. The molecule has 1 aliphatic heterocycles. The van der Waals surface area contributed by atoms with E-state index in [1.54, 1.807) is 11.3 Å². The Balaban J connectivity index is 1.69. The number of nitrogens with zero attached hydrogens (tertiary/aromatic N) is 2. The summed E-state index contributed by atoms with van der Waals surface area (Å²) in [6.45, 7) is 4.48. The van der Waals surface area contributed by atoms with E-state index in [2.05, 4.69) is 15.7 Å². The first-order valence-corrected chi connectivity index (χ1v) is 6.57. The molecule has 0 aliphatic carbocycles. The van der Waals surface area contributed by atoms with Crippen LogP contribution in [-0.4, -0.2) is 35.5 Å². The van der Waals surface area contributed by atoms with Crippen LogP contribution in [0.1, 0.15) is 23.5 Å². The molecule has 5 heteroatoms. The van der Waals surface area contributed by atoms with Crippen LogP contribution in [0, 0.1) is 6.92 Å². The fourth-order valence-electron chi connectivity index (χ4n) is 1.85. The van der Waals surface area contributed by atoms with Crippen molar-refractivity contribution in [3.8, 4) is 0 Å². The van der Waals surface area contributed by atoms with E-state index in [4.69, 9.17) is 0 Å². The molecule has 1 aliphatic rings. The van der Waals surface area contributed by atoms with Gasteiger partial charge in [0.25, 0.3) is 0 Å². The molecule has 0 bridgehead atoms. The molecule has 0 atom stereocenters. The predicted molar refractivity (Wildman–Crippen MR) is 64.8 cm³/mol. The monoisotopic (exact) mass is 239 g/mol. The third-order valence-corrected chi connectivity index (χ3v) is 3.54. The van der Waals surface area contributed by atoms with Crippen LogP contribution < -0.4 is 5.32 Å². The molecule has 1 N–H and O–H groups in total. The number of hydrogen-bond acceptors (Lipinski definition) is 3. The lowest BCUT2D eigenvalue weighted by Gasteiger charge is -2.15. The van der Waals surface area contributed by atoms with Gasteiger partial charge < -0.3 is 10.2 Å². The van der Waals surface area contributed by atoms with Crippen molar-refractivity contribution >= 4 is 17.4 Å². The van der Waals surface area contributed by atoms with Crippen molar-refractivity contribution < 1.29 is 4.79 Å². The molecule has 16 heavy (non-hydrogen) atoms. The number of amides is 2. The summed E-state index contributed by atoms with van der Waals surface area (Å²) in [5, 5.41) is 6.07. The van der Waals surface area contributed by atoms with Gasteiger partial charge in [-0.3, -0.25) is 0 Å². The van der Waals surface area contributed by atoms with Crippen LogP contribution in [0.25, 0.3) is 0 Å². The third kappa shape index (κ3) is 2.95. The number of hydrogen-bond donors (Lipinski definition) is 1. The number of rotatable bonds is 3. The number of thiazole rings is 1. The van der Waals surface area contributed by atoms with Crippen molar-refractivity contribution in [3.05, 3.63) is 16.1 Å². The lowest BCUT2D eigenvalue weighted by atomic mass is 10.3. The van der Waals surface area contributed by atoms with Gasteiger partial charge in [0.05, 0.1) is 10.7 Å². The number of aryl methyl sites for hydroxylation is 1. The molecule has 0 spiro atoms. The summed E-state index contributed by atoms with van der Waals surface area (Å²) in [4.78, 5) is 17.9. The molecule has 0 radical (unpaired) electrons. The smallest absolute Gasteiger partial charge is 0.317 e. The maximum Gasteiger partial charge on any atom is 0.317 e. The summed E-state index contributed by atoms with van der Waals surface area (Å²) < 4.78 is 0. The van der Waals surface area contributed by atoms with Crippen molar-refractivity contribution in [1.29, 1.82) is 0 Å². The SMILES string of the molecule is Cc1nc(CCNC(=O)N2CCCC2)cs1. The zero-order valence-electron chi connectivity index (χ0n) is 9.53. The fraction of sp³-hybridized carbons (Fsp3) is 0.636. The molecule has 2 rings (SSSR count). The van der Waals surface area contributed by atoms with Crippen LogP contribution in [0.5, 0.6) is 0 Å². The van der Waals surface area contributed by atoms with Crippen molar-refractivity contribution in [1.82, 2.24) is 15.2 Å². The lowest BCUT2D eigenvalue weighted by Crippen LogP contribution is -2.38. The maximum absolute atomic E-state index is 11.6. The second-order valence-electron chi connectivity index (χ2n) is 4.03. The minimum absolute atomic E-state index is 0.0736. The first kappa shape index (κ1) is 11.4. The normalized spacial score (nSPS) is 15.4. The molecule has 1 saturated heterocycles. The zero-order chi connectivity index (χ0) is 11.4. The van der Waals surface area contributed by atoms with Crippen molar-refractivity contribution in [3.63, 3.8) is 0 Å². The molecule has 2 heterocycles. The minimum Gasteiger partial charge on any atom is -0.338 e. The summed E-state index contributed by atoms with van der Waals surface area (Å²) in [6.07, 6.45) is 3.10. The Morgan fingerprint density at radius 2 is 2.31 bits per heavy atom. The highest BCUT2D eigenvalue weighted by Gasteiger charge is 2.16. The molecule has 88 valence electrons. The number of urea groups is 1. The molecule has 1 fully saturated rings. The molecule has 1 aromatic heterocycles. The topological polar surface area (TPSA) is 45.2 Å². The van der Waals surface area contributed by atoms with Gasteiger partial charge in [0.2, 0.25) is 0 Å². The van der Waals surface area contributed by atoms with Gasteiger partial charge >= 0.3 is 6.03 Å². The summed E-state index contributed by atoms with van der Waals surface area (Å²) >= 11 is 1.65. The highest BCUT2D eigenvalue weighted by molar-refractivity contribution is 7.09. The third-order valence-electron chi connectivity index (χ3n) is 2.72. The molecule has 0 unspecified atom stereocenters. The van der Waals surface area contributed by atoms with Crippen molar-refractivity contribution in [2.45, 2.75) is 26.2 Å². The number of carbonyl (C=O) groups excluding carboxylic acids is 1. The van der Waals surface area contributed by atoms with Gasteiger partial charge in [0.15, 0.2) is 0 Å². The van der Waals surface area contributed by atoms with E-state index < -0.39 is 0 Å². The number of aromatic nitrogens is 1. The van der Waals surface area contributed by atoms with E-state index in [0.29, 0.717) is 6.54 Å². The van der Waals surface area contributed by atoms with Crippen LogP contribution in [-0.2, 0) is 6.42 Å². The molecule has 2 amide bonds. The van der Waals surface area contributed by atoms with E-state index in [-0.39, 0.29) is 6.03 Å². The Bertz CT molecular complexity index is 358. The predicted octanol–water partition coefficient (Wildman–Crippen LogP) is 1.80. The summed E-state index contributed by atoms with van der Waals surface area (Å²) in [7, 11) is 0. The standard InChI is InChI=1S/C11H17N3OS/c1-9-13-10(8-16-9)4-5-12-11(15)14-6-2-3-7-14/h8H,2-7H2,1H3,(H,12,15). The van der Waals surface area contributed by atoms with Gasteiger partial charge in [-0.15, -0.1) is 11.3 Å². The Hall–Kier alpha value is -1.10. The highest BCUT2D eigenvalue weighted by atomic mass is 32.1. The average molecular weight is 239 g/mol. The molecule has 1 aromatic rings. The van der Waals surface area contributed by atoms with Gasteiger partial charge in [0, 0.05) is 31.4 Å². The van der Waals surface area contributed by atoms with Gasteiger partial charge in [0.1, 0.15) is 0 Å². The van der Waals surface area contributed by atoms with E-state index in [1.165, 1.54) is 0 Å². The van der Waals surface area contributed by atoms with Gasteiger partial charge in [-0.25, -0.2) is 9.78 Å². The largest absolute Gasteiger partial charge is 0.338 e. The second kappa shape index (κ2) is 5.30. The van der Waals surface area contributed by atoms with Crippen LogP contribution in [0.2, 0.25) is 0 Å². The molecule has 0 saturated carbocycles. The fourth-order valence-corrected chi connectivity index (χ4v) is 2.50. The Kier molecular flexibility index (Phi) is 3.77. The molecule has 0 aromatic carbocycles. The Morgan fingerprint density at radius 3 is 2.94 bits per heavy atom. The van der Waals surface area contributed by atoms with Crippen molar-refractivity contribution in [2.24, 2.45) is 0 Å². The van der Waals surface area contributed by atoms with Crippen molar-refractivity contribution in [2.75, 3.05) is 19.6 Å². The Morgan fingerprint density at radius 1 is 1.56 bits per heavy atom. The zero-order valence-corrected chi connectivity index (χ0v) is 10.3. The van der Waals surface area contributed by atoms with Gasteiger partial charge in [-0.1, -0.05) is 0 Å². The lowest BCUT2D eigenvalue weighted by molar-refractivity contribution is 0.209. The van der Waals surface area contributed by atoms with Gasteiger partial charge in [-0.05, 0) is 19.8 Å². The number of carbonyl (C=O) groups is 1. The molecular formula is C11H17N3OS. The van der Waals surface area contributed by atoms with Gasteiger partial charge in [-0.2, -0.15) is 0 Å². The van der Waals surface area contributed by atoms with E-state index >= 15 is 0 Å². The highest BCUT2D eigenvalue weighted by Crippen LogP contribution is 2.09. The number of likely N-dealkylation sites (tertiary alicyclic amines) is 1. The maximum atomic E-state index is 11.6. The molecular weight excluding hydrogens is 222 g/mol. The first-order chi connectivity index (χ1) is 7.75. The average Bonchev–Trinajstić information content (AvgIpc) is 2.89. The van der Waals surface area contributed by atoms with Crippen LogP contribution in [0.3, 0.4) is 0 Å². The van der Waals surface area contributed by atoms with Crippen LogP contribution in [0.15, 0.2) is 5.38 Å². The molecule has 4 nitrogen and oxygen atoms in total. The summed E-state index contributed by atoms with van der Waals surface area (Å²) in [6, 6.07) is 0.0736. The Labute approximate surface area is 99.7 Å². The van der Waals surface area contributed by atoms with E-state index in [1.807, 2.05) is 11.8 Å². The minimum atomic E-state index is 0.0736. The first-order valence-electron chi connectivity index (χ1n) is 5.69.